The quantitative estimate of drug-likeness (QED) is 0.679. The maximum atomic E-state index is 9.00. The van der Waals surface area contributed by atoms with E-state index in [4.69, 9.17) is 10.2 Å². The third-order valence-corrected chi connectivity index (χ3v) is 1.74. The minimum atomic E-state index is -0.733. The van der Waals surface area contributed by atoms with Gasteiger partial charge in [0, 0.05) is 0 Å². The van der Waals surface area contributed by atoms with E-state index < -0.39 is 6.10 Å². The fraction of sp³-hybridized carbons (Fsp3) is 0.273. The number of allylic oxidation sites excluding steroid dienone is 1. The molecule has 0 spiro atoms. The summed E-state index contributed by atoms with van der Waals surface area (Å²) in [5, 5.41) is 17.5. The van der Waals surface area contributed by atoms with E-state index in [2.05, 4.69) is 0 Å². The molecule has 1 aromatic rings. The molecule has 13 heavy (non-hydrogen) atoms. The van der Waals surface area contributed by atoms with Crippen LogP contribution in [-0.4, -0.2) is 22.9 Å². The van der Waals surface area contributed by atoms with Crippen LogP contribution in [0.5, 0.6) is 0 Å². The van der Waals surface area contributed by atoms with Gasteiger partial charge in [-0.1, -0.05) is 42.5 Å². The van der Waals surface area contributed by atoms with Crippen LogP contribution in [0.3, 0.4) is 0 Å². The summed E-state index contributed by atoms with van der Waals surface area (Å²) >= 11 is 0. The van der Waals surface area contributed by atoms with Crippen LogP contribution in [0.4, 0.5) is 0 Å². The second-order valence-electron chi connectivity index (χ2n) is 2.87. The molecule has 0 amide bonds. The van der Waals surface area contributed by atoms with Crippen LogP contribution in [0.25, 0.3) is 0 Å². The molecule has 1 rings (SSSR count). The Bertz CT molecular complexity index is 254. The summed E-state index contributed by atoms with van der Waals surface area (Å²) in [7, 11) is 0. The lowest BCUT2D eigenvalue weighted by molar-refractivity contribution is 0.131. The van der Waals surface area contributed by atoms with E-state index in [-0.39, 0.29) is 6.61 Å². The van der Waals surface area contributed by atoms with Crippen LogP contribution < -0.4 is 0 Å². The highest BCUT2D eigenvalue weighted by Crippen LogP contribution is 2.00. The maximum absolute atomic E-state index is 9.00. The van der Waals surface area contributed by atoms with E-state index >= 15 is 0 Å². The summed E-state index contributed by atoms with van der Waals surface area (Å²) < 4.78 is 0. The summed E-state index contributed by atoms with van der Waals surface area (Å²) in [5.74, 6) is 0. The zero-order valence-corrected chi connectivity index (χ0v) is 7.43. The van der Waals surface area contributed by atoms with Gasteiger partial charge in [-0.25, -0.2) is 0 Å². The first kappa shape index (κ1) is 9.96. The predicted octanol–water partition coefficient (Wildman–Crippen LogP) is 1.14. The van der Waals surface area contributed by atoms with Crippen LogP contribution in [0, 0.1) is 0 Å². The Morgan fingerprint density at radius 2 is 1.92 bits per heavy atom. The Kier molecular flexibility index (Phi) is 4.23. The van der Waals surface area contributed by atoms with Crippen LogP contribution in [0.15, 0.2) is 42.5 Å². The van der Waals surface area contributed by atoms with Crippen molar-refractivity contribution in [1.82, 2.24) is 0 Å². The van der Waals surface area contributed by atoms with Crippen molar-refractivity contribution >= 4 is 0 Å². The Morgan fingerprint density at radius 1 is 1.23 bits per heavy atom. The van der Waals surface area contributed by atoms with Crippen LogP contribution in [-0.2, 0) is 6.42 Å². The Labute approximate surface area is 78.2 Å². The largest absolute Gasteiger partial charge is 0.393 e. The van der Waals surface area contributed by atoms with E-state index in [1.54, 1.807) is 6.08 Å². The minimum Gasteiger partial charge on any atom is -0.393 e. The van der Waals surface area contributed by atoms with Gasteiger partial charge >= 0.3 is 0 Å². The normalized spacial score (nSPS) is 13.4. The van der Waals surface area contributed by atoms with E-state index in [9.17, 15) is 0 Å². The Balaban J connectivity index is 2.39. The highest BCUT2D eigenvalue weighted by atomic mass is 16.3. The van der Waals surface area contributed by atoms with Gasteiger partial charge < -0.3 is 10.2 Å². The van der Waals surface area contributed by atoms with Crippen molar-refractivity contribution in [2.45, 2.75) is 12.5 Å². The average molecular weight is 178 g/mol. The van der Waals surface area contributed by atoms with Gasteiger partial charge in [0.1, 0.15) is 0 Å². The standard InChI is InChI=1S/C11H14O2/c12-9-11(13)8-4-7-10-5-2-1-3-6-10/h1-6,8,11-13H,7,9H2. The molecule has 1 unspecified atom stereocenters. The summed E-state index contributed by atoms with van der Waals surface area (Å²) in [6.07, 6.45) is 3.52. The molecule has 2 heteroatoms. The number of aliphatic hydroxyl groups is 2. The van der Waals surface area contributed by atoms with Gasteiger partial charge in [-0.15, -0.1) is 0 Å². The van der Waals surface area contributed by atoms with Gasteiger partial charge in [-0.3, -0.25) is 0 Å². The third-order valence-electron chi connectivity index (χ3n) is 1.74. The fourth-order valence-electron chi connectivity index (χ4n) is 1.04. The number of benzene rings is 1. The Hall–Kier alpha value is -1.12. The smallest absolute Gasteiger partial charge is 0.0951 e. The van der Waals surface area contributed by atoms with Crippen molar-refractivity contribution in [2.75, 3.05) is 6.61 Å². The van der Waals surface area contributed by atoms with Crippen molar-refractivity contribution in [3.63, 3.8) is 0 Å². The molecule has 0 aliphatic rings. The van der Waals surface area contributed by atoms with Gasteiger partial charge in [0.25, 0.3) is 0 Å². The van der Waals surface area contributed by atoms with Crippen molar-refractivity contribution in [3.8, 4) is 0 Å². The Morgan fingerprint density at radius 3 is 2.54 bits per heavy atom. The molecule has 1 aromatic carbocycles. The van der Waals surface area contributed by atoms with E-state index in [0.717, 1.165) is 6.42 Å². The monoisotopic (exact) mass is 178 g/mol. The molecule has 70 valence electrons. The molecule has 0 saturated carbocycles. The second-order valence-corrected chi connectivity index (χ2v) is 2.87. The van der Waals surface area contributed by atoms with Gasteiger partial charge in [0.05, 0.1) is 12.7 Å². The topological polar surface area (TPSA) is 40.5 Å². The van der Waals surface area contributed by atoms with Crippen molar-refractivity contribution in [2.24, 2.45) is 0 Å². The molecule has 2 nitrogen and oxygen atoms in total. The molecule has 0 aromatic heterocycles. The van der Waals surface area contributed by atoms with E-state index in [0.29, 0.717) is 0 Å². The SMILES string of the molecule is OCC(O)C=CCc1ccccc1. The summed E-state index contributed by atoms with van der Waals surface area (Å²) in [5.41, 5.74) is 1.20. The zero-order valence-electron chi connectivity index (χ0n) is 7.43. The summed E-state index contributed by atoms with van der Waals surface area (Å²) in [4.78, 5) is 0. The first-order valence-corrected chi connectivity index (χ1v) is 4.32. The highest BCUT2D eigenvalue weighted by Gasteiger charge is 1.93. The third kappa shape index (κ3) is 3.87. The van der Waals surface area contributed by atoms with Crippen LogP contribution >= 0.6 is 0 Å². The fourth-order valence-corrected chi connectivity index (χ4v) is 1.04. The molecule has 0 heterocycles. The molecule has 0 bridgehead atoms. The molecule has 2 N–H and O–H groups in total. The molecule has 1 atom stereocenters. The van der Waals surface area contributed by atoms with Crippen molar-refractivity contribution in [1.29, 1.82) is 0 Å². The maximum Gasteiger partial charge on any atom is 0.0951 e. The zero-order chi connectivity index (χ0) is 9.52. The number of rotatable bonds is 4. The predicted molar refractivity (Wildman–Crippen MR) is 52.4 cm³/mol. The number of hydrogen-bond acceptors (Lipinski definition) is 2. The molecule has 0 fully saturated rings. The van der Waals surface area contributed by atoms with Crippen LogP contribution in [0.1, 0.15) is 5.56 Å². The lowest BCUT2D eigenvalue weighted by atomic mass is 10.1. The van der Waals surface area contributed by atoms with Crippen molar-refractivity contribution < 1.29 is 10.2 Å². The van der Waals surface area contributed by atoms with Gasteiger partial charge in [0.15, 0.2) is 0 Å². The average Bonchev–Trinajstić information content (AvgIpc) is 2.19. The first-order valence-electron chi connectivity index (χ1n) is 4.32. The molecule has 0 aliphatic carbocycles. The number of hydrogen-bond donors (Lipinski definition) is 2. The molecular formula is C11H14O2. The highest BCUT2D eigenvalue weighted by molar-refractivity contribution is 5.17. The summed E-state index contributed by atoms with van der Waals surface area (Å²) in [6.45, 7) is -0.217. The van der Waals surface area contributed by atoms with Gasteiger partial charge in [-0.05, 0) is 12.0 Å². The first-order chi connectivity index (χ1) is 6.33. The van der Waals surface area contributed by atoms with E-state index in [1.165, 1.54) is 5.56 Å². The van der Waals surface area contributed by atoms with Crippen LogP contribution in [0.2, 0.25) is 0 Å². The molecular weight excluding hydrogens is 164 g/mol. The number of aliphatic hydroxyl groups excluding tert-OH is 2. The molecule has 0 saturated heterocycles. The summed E-state index contributed by atoms with van der Waals surface area (Å²) in [6, 6.07) is 9.97. The molecule has 0 radical (unpaired) electrons. The van der Waals surface area contributed by atoms with Gasteiger partial charge in [0.2, 0.25) is 0 Å². The minimum absolute atomic E-state index is 0.217. The molecule has 0 aliphatic heterocycles. The van der Waals surface area contributed by atoms with Gasteiger partial charge in [-0.2, -0.15) is 0 Å². The second kappa shape index (κ2) is 5.51. The van der Waals surface area contributed by atoms with Crippen molar-refractivity contribution in [3.05, 3.63) is 48.0 Å². The lowest BCUT2D eigenvalue weighted by Crippen LogP contribution is -2.07. The van der Waals surface area contributed by atoms with E-state index in [1.807, 2.05) is 36.4 Å². The lowest BCUT2D eigenvalue weighted by Gasteiger charge is -1.98.